The molecule has 0 aromatic heterocycles. The zero-order chi connectivity index (χ0) is 11.6. The first-order valence-corrected chi connectivity index (χ1v) is 9.36. The van der Waals surface area contributed by atoms with Crippen molar-refractivity contribution in [3.63, 3.8) is 0 Å². The lowest BCUT2D eigenvalue weighted by Crippen LogP contribution is -2.28. The third-order valence-electron chi connectivity index (χ3n) is 2.30. The molecule has 0 aliphatic heterocycles. The number of alkyl halides is 1. The van der Waals surface area contributed by atoms with E-state index in [1.165, 1.54) is 25.3 Å². The lowest BCUT2D eigenvalue weighted by atomic mass is 10.2. The number of halogens is 1. The second-order valence-corrected chi connectivity index (χ2v) is 6.61. The van der Waals surface area contributed by atoms with Crippen molar-refractivity contribution in [1.29, 1.82) is 0 Å². The van der Waals surface area contributed by atoms with Crippen molar-refractivity contribution in [3.8, 4) is 0 Å². The van der Waals surface area contributed by atoms with Gasteiger partial charge in [0.05, 0.1) is 0 Å². The van der Waals surface area contributed by atoms with Gasteiger partial charge in [-0.25, -0.2) is 0 Å². The molecule has 0 aromatic rings. The molecule has 0 amide bonds. The second kappa shape index (κ2) is 9.82. The predicted octanol–water partition coefficient (Wildman–Crippen LogP) is 3.30. The summed E-state index contributed by atoms with van der Waals surface area (Å²) in [7, 11) is 0.258. The van der Waals surface area contributed by atoms with Crippen molar-refractivity contribution in [2.45, 2.75) is 56.8 Å². The highest BCUT2D eigenvalue weighted by atomic mass is 79.9. The minimum absolute atomic E-state index is 0.258. The van der Waals surface area contributed by atoms with Crippen LogP contribution in [0.4, 0.5) is 0 Å². The molecule has 92 valence electrons. The Hall–Kier alpha value is 0.617. The third-order valence-corrected chi connectivity index (χ3v) is 4.36. The van der Waals surface area contributed by atoms with Crippen molar-refractivity contribution < 1.29 is 9.47 Å². The van der Waals surface area contributed by atoms with Crippen molar-refractivity contribution in [3.05, 3.63) is 0 Å². The van der Waals surface area contributed by atoms with Gasteiger partial charge < -0.3 is 9.47 Å². The first kappa shape index (κ1) is 15.6. The average molecular weight is 297 g/mol. The van der Waals surface area contributed by atoms with Crippen molar-refractivity contribution in [2.24, 2.45) is 0 Å². The van der Waals surface area contributed by atoms with Crippen molar-refractivity contribution in [1.82, 2.24) is 0 Å². The normalized spacial score (nSPS) is 12.8. The van der Waals surface area contributed by atoms with Crippen LogP contribution in [0.1, 0.15) is 39.5 Å². The molecule has 15 heavy (non-hydrogen) atoms. The zero-order valence-electron chi connectivity index (χ0n) is 10.4. The maximum Gasteiger partial charge on any atom is 0.226 e. The van der Waals surface area contributed by atoms with Gasteiger partial charge in [-0.15, -0.1) is 0 Å². The summed E-state index contributed by atoms with van der Waals surface area (Å²) in [4.78, 5) is 0. The minimum atomic E-state index is -0.528. The van der Waals surface area contributed by atoms with Crippen LogP contribution in [0.2, 0.25) is 12.6 Å². The van der Waals surface area contributed by atoms with E-state index in [0.717, 1.165) is 6.42 Å². The van der Waals surface area contributed by atoms with Crippen LogP contribution in [0, 0.1) is 0 Å². The number of hydrogen-bond donors (Lipinski definition) is 0. The number of hydrogen-bond acceptors (Lipinski definition) is 2. The molecule has 2 nitrogen and oxygen atoms in total. The number of unbranched alkanes of at least 4 members (excludes halogenated alkanes) is 2. The van der Waals surface area contributed by atoms with Gasteiger partial charge in [0.2, 0.25) is 4.70 Å². The molecular formula is C11H25BrO2Si. The van der Waals surface area contributed by atoms with Gasteiger partial charge in [-0.05, 0) is 36.2 Å². The van der Waals surface area contributed by atoms with Gasteiger partial charge in [0, 0.05) is 29.2 Å². The summed E-state index contributed by atoms with van der Waals surface area (Å²) in [5.74, 6) is 0. The highest BCUT2D eigenvalue weighted by molar-refractivity contribution is 9.10. The summed E-state index contributed by atoms with van der Waals surface area (Å²) in [6.07, 6.45) is 4.80. The Kier molecular flexibility index (Phi) is 10.2. The fourth-order valence-electron chi connectivity index (χ4n) is 1.56. The van der Waals surface area contributed by atoms with Gasteiger partial charge in [0.25, 0.3) is 0 Å². The first-order chi connectivity index (χ1) is 7.18. The topological polar surface area (TPSA) is 18.5 Å². The molecule has 0 atom stereocenters. The zero-order valence-corrected chi connectivity index (χ0v) is 13.4. The van der Waals surface area contributed by atoms with Crippen molar-refractivity contribution >= 4 is 25.4 Å². The quantitative estimate of drug-likeness (QED) is 0.266. The number of rotatable bonds is 10. The first-order valence-electron chi connectivity index (χ1n) is 6.15. The molecule has 4 heteroatoms. The highest BCUT2D eigenvalue weighted by Gasteiger charge is 2.26. The molecule has 0 saturated carbocycles. The van der Waals surface area contributed by atoms with Gasteiger partial charge in [0.1, 0.15) is 0 Å². The molecule has 0 saturated heterocycles. The van der Waals surface area contributed by atoms with E-state index in [4.69, 9.17) is 9.47 Å². The Morgan fingerprint density at radius 1 is 1.07 bits per heavy atom. The van der Waals surface area contributed by atoms with Crippen LogP contribution in [-0.4, -0.2) is 27.4 Å². The molecule has 0 heterocycles. The van der Waals surface area contributed by atoms with Crippen LogP contribution in [0.25, 0.3) is 0 Å². The molecule has 0 aliphatic rings. The fraction of sp³-hybridized carbons (Fsp3) is 1.00. The Morgan fingerprint density at radius 3 is 2.13 bits per heavy atom. The molecule has 0 bridgehead atoms. The Morgan fingerprint density at radius 2 is 1.67 bits per heavy atom. The minimum Gasteiger partial charge on any atom is -0.341 e. The second-order valence-electron chi connectivity index (χ2n) is 3.69. The summed E-state index contributed by atoms with van der Waals surface area (Å²) in [5, 5.41) is 0. The molecule has 0 aromatic carbocycles. The summed E-state index contributed by atoms with van der Waals surface area (Å²) in [6.45, 7) is 7.74. The molecule has 0 radical (unpaired) electrons. The average Bonchev–Trinajstić information content (AvgIpc) is 2.18. The SMILES string of the molecule is CCOC(Br)(CCCCC[SiH2]C)OCC. The molecule has 0 aliphatic carbocycles. The van der Waals surface area contributed by atoms with Gasteiger partial charge in [-0.2, -0.15) is 0 Å². The fourth-order valence-corrected chi connectivity index (χ4v) is 3.15. The predicted molar refractivity (Wildman–Crippen MR) is 72.6 cm³/mol. The van der Waals surface area contributed by atoms with Crippen LogP contribution in [0.15, 0.2) is 0 Å². The molecule has 0 N–H and O–H groups in total. The maximum absolute atomic E-state index is 5.58. The Balaban J connectivity index is 3.65. The van der Waals surface area contributed by atoms with E-state index < -0.39 is 4.70 Å². The Bertz CT molecular complexity index is 139. The summed E-state index contributed by atoms with van der Waals surface area (Å²) < 4.78 is 10.6. The van der Waals surface area contributed by atoms with Crippen molar-refractivity contribution in [2.75, 3.05) is 13.2 Å². The maximum atomic E-state index is 5.58. The molecule has 0 spiro atoms. The monoisotopic (exact) mass is 296 g/mol. The highest BCUT2D eigenvalue weighted by Crippen LogP contribution is 2.28. The van der Waals surface area contributed by atoms with E-state index in [0.29, 0.717) is 13.2 Å². The number of ether oxygens (including phenoxy) is 2. The standard InChI is InChI=1S/C11H25BrO2Si/c1-4-13-11(12,14-5-2)9-7-6-8-10-15-3/h4-10,15H2,1-3H3. The summed E-state index contributed by atoms with van der Waals surface area (Å²) in [6, 6.07) is 1.47. The lowest BCUT2D eigenvalue weighted by molar-refractivity contribution is -0.164. The smallest absolute Gasteiger partial charge is 0.226 e. The van der Waals surface area contributed by atoms with E-state index in [-0.39, 0.29) is 9.52 Å². The van der Waals surface area contributed by atoms with Gasteiger partial charge >= 0.3 is 0 Å². The summed E-state index contributed by atoms with van der Waals surface area (Å²) >= 11 is 3.54. The van der Waals surface area contributed by atoms with Crippen LogP contribution < -0.4 is 0 Å². The summed E-state index contributed by atoms with van der Waals surface area (Å²) in [5.41, 5.74) is 0. The van der Waals surface area contributed by atoms with Gasteiger partial charge in [-0.3, -0.25) is 0 Å². The van der Waals surface area contributed by atoms with E-state index >= 15 is 0 Å². The Labute approximate surface area is 105 Å². The molecule has 0 rings (SSSR count). The van der Waals surface area contributed by atoms with Crippen LogP contribution in [0.5, 0.6) is 0 Å². The molecule has 0 unspecified atom stereocenters. The molecular weight excluding hydrogens is 272 g/mol. The molecule has 0 fully saturated rings. The third kappa shape index (κ3) is 8.43. The largest absolute Gasteiger partial charge is 0.341 e. The van der Waals surface area contributed by atoms with Gasteiger partial charge in [-0.1, -0.05) is 25.4 Å². The van der Waals surface area contributed by atoms with E-state index in [2.05, 4.69) is 22.5 Å². The van der Waals surface area contributed by atoms with E-state index in [1.807, 2.05) is 13.8 Å². The lowest BCUT2D eigenvalue weighted by Gasteiger charge is -2.26. The van der Waals surface area contributed by atoms with E-state index in [1.54, 1.807) is 0 Å². The van der Waals surface area contributed by atoms with Crippen LogP contribution in [-0.2, 0) is 9.47 Å². The van der Waals surface area contributed by atoms with E-state index in [9.17, 15) is 0 Å². The van der Waals surface area contributed by atoms with Gasteiger partial charge in [0.15, 0.2) is 0 Å². The van der Waals surface area contributed by atoms with Crippen LogP contribution in [0.3, 0.4) is 0 Å². The van der Waals surface area contributed by atoms with Crippen LogP contribution >= 0.6 is 15.9 Å².